The van der Waals surface area contributed by atoms with Crippen molar-refractivity contribution >= 4 is 23.4 Å². The van der Waals surface area contributed by atoms with Crippen LogP contribution in [-0.2, 0) is 6.54 Å². The van der Waals surface area contributed by atoms with Gasteiger partial charge in [0.15, 0.2) is 0 Å². The van der Waals surface area contributed by atoms with Crippen molar-refractivity contribution in [2.24, 2.45) is 0 Å². The van der Waals surface area contributed by atoms with Crippen molar-refractivity contribution in [3.63, 3.8) is 0 Å². The summed E-state index contributed by atoms with van der Waals surface area (Å²) >= 11 is 1.45. The van der Waals surface area contributed by atoms with Gasteiger partial charge in [-0.2, -0.15) is 0 Å². The number of hydrogen-bond acceptors (Lipinski definition) is 5. The molecule has 2 aromatic carbocycles. The Balaban J connectivity index is 1.71. The standard InChI is InChI=1S/C21H19N3O3S/c1-14-5-10-18(12-15(14)2)28-21-19(4-3-11-22-21)20(25)23-13-16-6-8-17(9-7-16)24(26)27/h3-12H,13H2,1-2H3,(H,23,25). The van der Waals surface area contributed by atoms with Crippen LogP contribution in [0.1, 0.15) is 27.0 Å². The van der Waals surface area contributed by atoms with E-state index in [9.17, 15) is 14.9 Å². The molecule has 7 heteroatoms. The third-order valence-corrected chi connectivity index (χ3v) is 5.32. The SMILES string of the molecule is Cc1ccc(Sc2ncccc2C(=O)NCc2ccc([N+](=O)[O-])cc2)cc1C. The normalized spacial score (nSPS) is 10.5. The Labute approximate surface area is 167 Å². The lowest BCUT2D eigenvalue weighted by molar-refractivity contribution is -0.384. The molecule has 0 aliphatic rings. The number of carbonyl (C=O) groups is 1. The minimum absolute atomic E-state index is 0.0226. The van der Waals surface area contributed by atoms with Gasteiger partial charge in [-0.15, -0.1) is 0 Å². The Morgan fingerprint density at radius 3 is 2.54 bits per heavy atom. The molecule has 0 radical (unpaired) electrons. The largest absolute Gasteiger partial charge is 0.348 e. The van der Waals surface area contributed by atoms with Crippen molar-refractivity contribution in [1.29, 1.82) is 0 Å². The van der Waals surface area contributed by atoms with Crippen molar-refractivity contribution in [3.05, 3.63) is 93.2 Å². The highest BCUT2D eigenvalue weighted by molar-refractivity contribution is 7.99. The predicted octanol–water partition coefficient (Wildman–Crippen LogP) is 4.69. The maximum atomic E-state index is 12.7. The highest BCUT2D eigenvalue weighted by atomic mass is 32.2. The Morgan fingerprint density at radius 2 is 1.86 bits per heavy atom. The van der Waals surface area contributed by atoms with E-state index in [0.29, 0.717) is 10.6 Å². The average Bonchev–Trinajstić information content (AvgIpc) is 2.69. The van der Waals surface area contributed by atoms with E-state index in [1.807, 2.05) is 6.07 Å². The molecule has 0 spiro atoms. The Kier molecular flexibility index (Phi) is 6.06. The molecule has 3 aromatic rings. The number of nitro benzene ring substituents is 1. The lowest BCUT2D eigenvalue weighted by Crippen LogP contribution is -2.23. The van der Waals surface area contributed by atoms with Gasteiger partial charge in [-0.1, -0.05) is 30.0 Å². The fraction of sp³-hybridized carbons (Fsp3) is 0.143. The van der Waals surface area contributed by atoms with Crippen LogP contribution in [-0.4, -0.2) is 15.8 Å². The van der Waals surface area contributed by atoms with Crippen LogP contribution in [0.4, 0.5) is 5.69 Å². The van der Waals surface area contributed by atoms with Crippen molar-refractivity contribution in [2.75, 3.05) is 0 Å². The first kappa shape index (κ1) is 19.6. The molecule has 0 unspecified atom stereocenters. The zero-order valence-corrected chi connectivity index (χ0v) is 16.3. The van der Waals surface area contributed by atoms with E-state index in [4.69, 9.17) is 0 Å². The quantitative estimate of drug-likeness (QED) is 0.485. The van der Waals surface area contributed by atoms with Gasteiger partial charge >= 0.3 is 0 Å². The molecule has 1 amide bonds. The molecule has 1 N–H and O–H groups in total. The van der Waals surface area contributed by atoms with Crippen molar-refractivity contribution in [1.82, 2.24) is 10.3 Å². The van der Waals surface area contributed by atoms with Crippen molar-refractivity contribution in [2.45, 2.75) is 30.3 Å². The van der Waals surface area contributed by atoms with Crippen LogP contribution in [0.2, 0.25) is 0 Å². The van der Waals surface area contributed by atoms with E-state index in [0.717, 1.165) is 10.5 Å². The number of benzene rings is 2. The number of aromatic nitrogens is 1. The summed E-state index contributed by atoms with van der Waals surface area (Å²) in [5.41, 5.74) is 3.70. The lowest BCUT2D eigenvalue weighted by atomic mass is 10.1. The number of amides is 1. The predicted molar refractivity (Wildman–Crippen MR) is 109 cm³/mol. The van der Waals surface area contributed by atoms with Gasteiger partial charge in [0.25, 0.3) is 11.6 Å². The second-order valence-corrected chi connectivity index (χ2v) is 7.37. The van der Waals surface area contributed by atoms with Crippen LogP contribution >= 0.6 is 11.8 Å². The Morgan fingerprint density at radius 1 is 1.11 bits per heavy atom. The molecular weight excluding hydrogens is 374 g/mol. The van der Waals surface area contributed by atoms with Crippen LogP contribution in [0.25, 0.3) is 0 Å². The third-order valence-electron chi connectivity index (χ3n) is 4.31. The summed E-state index contributed by atoms with van der Waals surface area (Å²) < 4.78 is 0. The van der Waals surface area contributed by atoms with E-state index in [1.165, 1.54) is 35.0 Å². The smallest absolute Gasteiger partial charge is 0.269 e. The molecule has 0 bridgehead atoms. The molecule has 0 atom stereocenters. The third kappa shape index (κ3) is 4.75. The summed E-state index contributed by atoms with van der Waals surface area (Å²) in [6.45, 7) is 4.39. The first-order valence-electron chi connectivity index (χ1n) is 8.65. The first-order valence-corrected chi connectivity index (χ1v) is 9.47. The summed E-state index contributed by atoms with van der Waals surface area (Å²) in [7, 11) is 0. The molecule has 0 aliphatic carbocycles. The van der Waals surface area contributed by atoms with Gasteiger partial charge in [0.2, 0.25) is 0 Å². The topological polar surface area (TPSA) is 85.1 Å². The highest BCUT2D eigenvalue weighted by Gasteiger charge is 2.14. The summed E-state index contributed by atoms with van der Waals surface area (Å²) in [5.74, 6) is -0.238. The van der Waals surface area contributed by atoms with Gasteiger partial charge < -0.3 is 5.32 Å². The number of hydrogen-bond donors (Lipinski definition) is 1. The molecule has 0 saturated carbocycles. The molecule has 6 nitrogen and oxygen atoms in total. The minimum atomic E-state index is -0.450. The molecule has 142 valence electrons. The van der Waals surface area contributed by atoms with Crippen LogP contribution in [0.5, 0.6) is 0 Å². The van der Waals surface area contributed by atoms with Crippen molar-refractivity contribution in [3.8, 4) is 0 Å². The van der Waals surface area contributed by atoms with Gasteiger partial charge in [-0.25, -0.2) is 4.98 Å². The van der Waals surface area contributed by atoms with Crippen molar-refractivity contribution < 1.29 is 9.72 Å². The maximum Gasteiger partial charge on any atom is 0.269 e. The van der Waals surface area contributed by atoms with Gasteiger partial charge in [-0.3, -0.25) is 14.9 Å². The number of non-ortho nitro benzene ring substituents is 1. The fourth-order valence-electron chi connectivity index (χ4n) is 2.55. The Hall–Kier alpha value is -3.19. The number of nitrogens with zero attached hydrogens (tertiary/aromatic N) is 2. The summed E-state index contributed by atoms with van der Waals surface area (Å²) in [6.07, 6.45) is 1.66. The van der Waals surface area contributed by atoms with E-state index in [-0.39, 0.29) is 18.1 Å². The van der Waals surface area contributed by atoms with Crippen LogP contribution in [0.3, 0.4) is 0 Å². The first-order chi connectivity index (χ1) is 13.4. The zero-order valence-electron chi connectivity index (χ0n) is 15.5. The number of nitro groups is 1. The highest BCUT2D eigenvalue weighted by Crippen LogP contribution is 2.30. The van der Waals surface area contributed by atoms with Crippen LogP contribution in [0, 0.1) is 24.0 Å². The van der Waals surface area contributed by atoms with E-state index >= 15 is 0 Å². The molecule has 0 aliphatic heterocycles. The second kappa shape index (κ2) is 8.67. The zero-order chi connectivity index (χ0) is 20.1. The molecule has 1 heterocycles. The molecule has 3 rings (SSSR count). The van der Waals surface area contributed by atoms with Crippen LogP contribution in [0.15, 0.2) is 70.7 Å². The molecular formula is C21H19N3O3S. The number of rotatable bonds is 6. The Bertz CT molecular complexity index is 1020. The number of nitrogens with one attached hydrogen (secondary N) is 1. The second-order valence-electron chi connectivity index (χ2n) is 6.31. The minimum Gasteiger partial charge on any atom is -0.348 e. The fourth-order valence-corrected chi connectivity index (χ4v) is 3.53. The monoisotopic (exact) mass is 393 g/mol. The number of pyridine rings is 1. The summed E-state index contributed by atoms with van der Waals surface area (Å²) in [4.78, 5) is 28.3. The average molecular weight is 393 g/mol. The van der Waals surface area contributed by atoms with Gasteiger partial charge in [-0.05, 0) is 54.8 Å². The maximum absolute atomic E-state index is 12.7. The number of aryl methyl sites for hydroxylation is 2. The van der Waals surface area contributed by atoms with Gasteiger partial charge in [0.1, 0.15) is 5.03 Å². The summed E-state index contributed by atoms with van der Waals surface area (Å²) in [5, 5.41) is 14.2. The van der Waals surface area contributed by atoms with Crippen LogP contribution < -0.4 is 5.32 Å². The molecule has 0 saturated heterocycles. The lowest BCUT2D eigenvalue weighted by Gasteiger charge is -2.10. The number of carbonyl (C=O) groups excluding carboxylic acids is 1. The molecule has 0 fully saturated rings. The van der Waals surface area contributed by atoms with Gasteiger partial charge in [0.05, 0.1) is 10.5 Å². The molecule has 1 aromatic heterocycles. The molecule has 28 heavy (non-hydrogen) atoms. The van der Waals surface area contributed by atoms with E-state index < -0.39 is 4.92 Å². The van der Waals surface area contributed by atoms with E-state index in [1.54, 1.807) is 30.5 Å². The summed E-state index contributed by atoms with van der Waals surface area (Å²) in [6, 6.07) is 15.7. The van der Waals surface area contributed by atoms with E-state index in [2.05, 4.69) is 36.3 Å². The van der Waals surface area contributed by atoms with Gasteiger partial charge in [0, 0.05) is 29.8 Å².